The summed E-state index contributed by atoms with van der Waals surface area (Å²) in [4.78, 5) is 25.2. The lowest BCUT2D eigenvalue weighted by Gasteiger charge is -2.33. The van der Waals surface area contributed by atoms with Crippen molar-refractivity contribution in [1.29, 1.82) is 0 Å². The summed E-state index contributed by atoms with van der Waals surface area (Å²) in [6.45, 7) is 1.33. The van der Waals surface area contributed by atoms with Gasteiger partial charge in [-0.15, -0.1) is 0 Å². The van der Waals surface area contributed by atoms with E-state index in [-0.39, 0.29) is 5.91 Å². The molecule has 2 aliphatic carbocycles. The first-order chi connectivity index (χ1) is 9.13. The fourth-order valence-corrected chi connectivity index (χ4v) is 4.03. The molecule has 0 aromatic heterocycles. The van der Waals surface area contributed by atoms with E-state index in [9.17, 15) is 9.59 Å². The zero-order chi connectivity index (χ0) is 13.4. The molecule has 0 radical (unpaired) electrons. The van der Waals surface area contributed by atoms with Crippen LogP contribution < -0.4 is 5.73 Å². The highest BCUT2D eigenvalue weighted by Gasteiger charge is 2.41. The normalized spacial score (nSPS) is 37.6. The van der Waals surface area contributed by atoms with Gasteiger partial charge in [0, 0.05) is 13.0 Å². The molecule has 4 unspecified atom stereocenters. The van der Waals surface area contributed by atoms with Gasteiger partial charge >= 0.3 is 0 Å². The van der Waals surface area contributed by atoms with Gasteiger partial charge in [0.2, 0.25) is 11.8 Å². The molecule has 2 bridgehead atoms. The average molecular weight is 266 g/mol. The predicted octanol–water partition coefficient (Wildman–Crippen LogP) is 0.525. The molecule has 5 nitrogen and oxygen atoms in total. The Labute approximate surface area is 113 Å². The Kier molecular flexibility index (Phi) is 3.48. The van der Waals surface area contributed by atoms with Gasteiger partial charge < -0.3 is 15.4 Å². The highest BCUT2D eigenvalue weighted by atomic mass is 16.5. The van der Waals surface area contributed by atoms with Crippen LogP contribution in [0.2, 0.25) is 0 Å². The van der Waals surface area contributed by atoms with Crippen molar-refractivity contribution in [3.8, 4) is 0 Å². The fraction of sp³-hybridized carbons (Fsp3) is 0.857. The molecule has 1 aliphatic heterocycles. The van der Waals surface area contributed by atoms with Gasteiger partial charge in [0.05, 0.1) is 13.2 Å². The molecular weight excluding hydrogens is 244 g/mol. The number of nitrogens with two attached hydrogens (primary N) is 1. The summed E-state index contributed by atoms with van der Waals surface area (Å²) in [7, 11) is 0. The van der Waals surface area contributed by atoms with Crippen molar-refractivity contribution in [3.05, 3.63) is 0 Å². The zero-order valence-electron chi connectivity index (χ0n) is 11.2. The lowest BCUT2D eigenvalue weighted by atomic mass is 9.86. The van der Waals surface area contributed by atoms with E-state index in [1.165, 1.54) is 25.7 Å². The summed E-state index contributed by atoms with van der Waals surface area (Å²) in [6.07, 6.45) is 5.22. The maximum Gasteiger partial charge on any atom is 0.248 e. The highest BCUT2D eigenvalue weighted by Crippen LogP contribution is 2.49. The van der Waals surface area contributed by atoms with E-state index in [0.717, 1.165) is 11.8 Å². The van der Waals surface area contributed by atoms with Crippen LogP contribution in [0.15, 0.2) is 0 Å². The molecule has 3 fully saturated rings. The van der Waals surface area contributed by atoms with E-state index in [4.69, 9.17) is 10.5 Å². The van der Waals surface area contributed by atoms with Crippen LogP contribution in [0, 0.1) is 17.8 Å². The Morgan fingerprint density at radius 3 is 2.74 bits per heavy atom. The monoisotopic (exact) mass is 266 g/mol. The third kappa shape index (κ3) is 2.61. The number of fused-ring (bicyclic) bond motifs is 2. The number of primary amides is 1. The average Bonchev–Trinajstić information content (AvgIpc) is 3.01. The van der Waals surface area contributed by atoms with Crippen molar-refractivity contribution in [1.82, 2.24) is 4.90 Å². The van der Waals surface area contributed by atoms with Crippen LogP contribution in [0.4, 0.5) is 0 Å². The van der Waals surface area contributed by atoms with Gasteiger partial charge in [0.15, 0.2) is 6.10 Å². The number of hydrogen-bond acceptors (Lipinski definition) is 3. The minimum absolute atomic E-state index is 0.173. The van der Waals surface area contributed by atoms with Crippen LogP contribution in [0.25, 0.3) is 0 Å². The van der Waals surface area contributed by atoms with Crippen LogP contribution in [0.5, 0.6) is 0 Å². The van der Waals surface area contributed by atoms with Crippen LogP contribution in [0.3, 0.4) is 0 Å². The molecule has 2 N–H and O–H groups in total. The maximum absolute atomic E-state index is 12.3. The number of hydrogen-bond donors (Lipinski definition) is 1. The number of nitrogens with zero attached hydrogens (tertiary/aromatic N) is 1. The van der Waals surface area contributed by atoms with Gasteiger partial charge in [-0.1, -0.05) is 6.42 Å². The molecule has 4 atom stereocenters. The SMILES string of the molecule is NC(=O)C1CN(C(=O)CC2CC3CCC2C3)CCO1. The second-order valence-electron chi connectivity index (χ2n) is 6.24. The van der Waals surface area contributed by atoms with Crippen molar-refractivity contribution in [2.45, 2.75) is 38.2 Å². The van der Waals surface area contributed by atoms with Crippen LogP contribution in [-0.2, 0) is 14.3 Å². The first-order valence-electron chi connectivity index (χ1n) is 7.32. The Morgan fingerprint density at radius 2 is 2.11 bits per heavy atom. The molecule has 3 rings (SSSR count). The Morgan fingerprint density at radius 1 is 1.26 bits per heavy atom. The fourth-order valence-electron chi connectivity index (χ4n) is 4.03. The molecule has 106 valence electrons. The largest absolute Gasteiger partial charge is 0.367 e. The predicted molar refractivity (Wildman–Crippen MR) is 69.1 cm³/mol. The smallest absolute Gasteiger partial charge is 0.248 e. The van der Waals surface area contributed by atoms with Gasteiger partial charge in [-0.3, -0.25) is 9.59 Å². The summed E-state index contributed by atoms with van der Waals surface area (Å²) in [6, 6.07) is 0. The lowest BCUT2D eigenvalue weighted by Crippen LogP contribution is -2.50. The van der Waals surface area contributed by atoms with Crippen LogP contribution in [-0.4, -0.2) is 42.5 Å². The van der Waals surface area contributed by atoms with E-state index in [1.54, 1.807) is 4.90 Å². The Balaban J connectivity index is 1.54. The molecule has 5 heteroatoms. The quantitative estimate of drug-likeness (QED) is 0.809. The molecule has 0 spiro atoms. The second kappa shape index (κ2) is 5.12. The minimum Gasteiger partial charge on any atom is -0.367 e. The molecule has 0 aromatic rings. The number of carbonyl (C=O) groups excluding carboxylic acids is 2. The number of ether oxygens (including phenoxy) is 1. The first kappa shape index (κ1) is 12.9. The molecular formula is C14H22N2O3. The minimum atomic E-state index is -0.627. The lowest BCUT2D eigenvalue weighted by molar-refractivity contribution is -0.146. The third-order valence-electron chi connectivity index (χ3n) is 5.06. The number of carbonyl (C=O) groups is 2. The number of rotatable bonds is 3. The van der Waals surface area contributed by atoms with E-state index in [2.05, 4.69) is 0 Å². The van der Waals surface area contributed by atoms with Gasteiger partial charge in [-0.05, 0) is 37.0 Å². The maximum atomic E-state index is 12.3. The van der Waals surface area contributed by atoms with Crippen LogP contribution in [0.1, 0.15) is 32.1 Å². The summed E-state index contributed by atoms with van der Waals surface area (Å²) >= 11 is 0. The molecule has 1 heterocycles. The Hall–Kier alpha value is -1.10. The third-order valence-corrected chi connectivity index (χ3v) is 5.06. The van der Waals surface area contributed by atoms with Gasteiger partial charge in [0.25, 0.3) is 0 Å². The van der Waals surface area contributed by atoms with Crippen molar-refractivity contribution < 1.29 is 14.3 Å². The van der Waals surface area contributed by atoms with Crippen molar-refractivity contribution >= 4 is 11.8 Å². The standard InChI is InChI=1S/C14H22N2O3/c15-14(18)12-8-16(3-4-19-12)13(17)7-11-6-9-1-2-10(11)5-9/h9-12H,1-8H2,(H2,15,18). The second-order valence-corrected chi connectivity index (χ2v) is 6.24. The number of morpholine rings is 1. The Bertz CT molecular complexity index is 385. The van der Waals surface area contributed by atoms with Gasteiger partial charge in [-0.2, -0.15) is 0 Å². The number of amides is 2. The zero-order valence-corrected chi connectivity index (χ0v) is 11.2. The topological polar surface area (TPSA) is 72.6 Å². The highest BCUT2D eigenvalue weighted by molar-refractivity contribution is 5.81. The van der Waals surface area contributed by atoms with E-state index in [0.29, 0.717) is 32.0 Å². The summed E-state index contributed by atoms with van der Waals surface area (Å²) in [5.41, 5.74) is 5.24. The molecule has 0 aromatic carbocycles. The molecule has 2 saturated carbocycles. The summed E-state index contributed by atoms with van der Waals surface area (Å²) in [5, 5.41) is 0. The van der Waals surface area contributed by atoms with Gasteiger partial charge in [0.1, 0.15) is 0 Å². The van der Waals surface area contributed by atoms with Crippen molar-refractivity contribution in [2.75, 3.05) is 19.7 Å². The summed E-state index contributed by atoms with van der Waals surface area (Å²) < 4.78 is 5.27. The first-order valence-corrected chi connectivity index (χ1v) is 7.32. The molecule has 1 saturated heterocycles. The van der Waals surface area contributed by atoms with E-state index >= 15 is 0 Å². The van der Waals surface area contributed by atoms with Crippen LogP contribution >= 0.6 is 0 Å². The van der Waals surface area contributed by atoms with Crippen molar-refractivity contribution in [2.24, 2.45) is 23.5 Å². The molecule has 3 aliphatic rings. The molecule has 2 amide bonds. The van der Waals surface area contributed by atoms with Crippen molar-refractivity contribution in [3.63, 3.8) is 0 Å². The summed E-state index contributed by atoms with van der Waals surface area (Å²) in [5.74, 6) is 1.90. The van der Waals surface area contributed by atoms with Gasteiger partial charge in [-0.25, -0.2) is 0 Å². The van der Waals surface area contributed by atoms with E-state index < -0.39 is 12.0 Å². The van der Waals surface area contributed by atoms with E-state index in [1.807, 2.05) is 0 Å². The molecule has 19 heavy (non-hydrogen) atoms.